The highest BCUT2D eigenvalue weighted by atomic mass is 19.1. The second kappa shape index (κ2) is 11.1. The second-order valence-corrected chi connectivity index (χ2v) is 8.19. The molecular formula is C24H32FN5O2. The van der Waals surface area contributed by atoms with Crippen molar-refractivity contribution in [3.05, 3.63) is 46.9 Å². The van der Waals surface area contributed by atoms with Gasteiger partial charge < -0.3 is 19.5 Å². The van der Waals surface area contributed by atoms with E-state index >= 15 is 0 Å². The summed E-state index contributed by atoms with van der Waals surface area (Å²) in [6.45, 7) is 8.62. The summed E-state index contributed by atoms with van der Waals surface area (Å²) in [5.41, 5.74) is 3.39. The van der Waals surface area contributed by atoms with Crippen LogP contribution in [0.2, 0.25) is 0 Å². The van der Waals surface area contributed by atoms with Crippen LogP contribution in [0.25, 0.3) is 0 Å². The molecule has 8 heteroatoms. The monoisotopic (exact) mass is 441 g/mol. The van der Waals surface area contributed by atoms with Gasteiger partial charge in [-0.2, -0.15) is 5.26 Å². The van der Waals surface area contributed by atoms with Crippen molar-refractivity contribution in [2.45, 2.75) is 33.2 Å². The van der Waals surface area contributed by atoms with E-state index in [-0.39, 0.29) is 18.3 Å². The Bertz CT molecular complexity index is 964. The van der Waals surface area contributed by atoms with Crippen LogP contribution in [0.3, 0.4) is 0 Å². The van der Waals surface area contributed by atoms with Crippen LogP contribution in [-0.2, 0) is 16.1 Å². The van der Waals surface area contributed by atoms with E-state index in [4.69, 9.17) is 4.74 Å². The molecule has 1 N–H and O–H groups in total. The van der Waals surface area contributed by atoms with Crippen molar-refractivity contribution in [2.24, 2.45) is 0 Å². The van der Waals surface area contributed by atoms with E-state index < -0.39 is 0 Å². The van der Waals surface area contributed by atoms with E-state index in [9.17, 15) is 14.4 Å². The summed E-state index contributed by atoms with van der Waals surface area (Å²) >= 11 is 0. The number of halogens is 1. The molecule has 32 heavy (non-hydrogen) atoms. The number of nitrogens with one attached hydrogen (secondary N) is 1. The summed E-state index contributed by atoms with van der Waals surface area (Å²) in [4.78, 5) is 17.2. The normalized spacial score (nSPS) is 14.8. The minimum atomic E-state index is -0.240. The molecular weight excluding hydrogens is 409 g/mol. The van der Waals surface area contributed by atoms with Crippen molar-refractivity contribution >= 4 is 17.4 Å². The summed E-state index contributed by atoms with van der Waals surface area (Å²) < 4.78 is 20.4. The number of aromatic nitrogens is 1. The van der Waals surface area contributed by atoms with Crippen LogP contribution in [0.1, 0.15) is 29.7 Å². The highest BCUT2D eigenvalue weighted by molar-refractivity contribution is 5.93. The second-order valence-electron chi connectivity index (χ2n) is 8.19. The van der Waals surface area contributed by atoms with Gasteiger partial charge in [0.2, 0.25) is 5.91 Å². The predicted octanol–water partition coefficient (Wildman–Crippen LogP) is 3.30. The van der Waals surface area contributed by atoms with Crippen LogP contribution in [0.15, 0.2) is 24.3 Å². The maximum atomic E-state index is 13.2. The molecule has 2 aromatic rings. The fourth-order valence-corrected chi connectivity index (χ4v) is 4.19. The fourth-order valence-electron chi connectivity index (χ4n) is 4.19. The van der Waals surface area contributed by atoms with Crippen LogP contribution >= 0.6 is 0 Å². The van der Waals surface area contributed by atoms with Gasteiger partial charge in [0.15, 0.2) is 0 Å². The Hall–Kier alpha value is -2.89. The van der Waals surface area contributed by atoms with Crippen LogP contribution in [0.5, 0.6) is 0 Å². The molecule has 1 aromatic carbocycles. The third-order valence-electron chi connectivity index (χ3n) is 6.08. The fraction of sp³-hybridized carbons (Fsp3) is 0.500. The minimum absolute atomic E-state index is 0.123. The van der Waals surface area contributed by atoms with Crippen LogP contribution in [0.4, 0.5) is 15.9 Å². The lowest BCUT2D eigenvalue weighted by atomic mass is 10.2. The van der Waals surface area contributed by atoms with Gasteiger partial charge in [0, 0.05) is 57.8 Å². The van der Waals surface area contributed by atoms with Gasteiger partial charge in [-0.1, -0.05) is 0 Å². The van der Waals surface area contributed by atoms with Crippen LogP contribution in [0, 0.1) is 31.0 Å². The third-order valence-corrected chi connectivity index (χ3v) is 6.08. The molecule has 1 aliphatic heterocycles. The topological polar surface area (TPSA) is 73.5 Å². The Balaban J connectivity index is 1.63. The molecule has 1 aliphatic rings. The van der Waals surface area contributed by atoms with E-state index in [1.54, 1.807) is 19.2 Å². The maximum Gasteiger partial charge on any atom is 0.239 e. The maximum absolute atomic E-state index is 13.2. The molecule has 0 spiro atoms. The average molecular weight is 442 g/mol. The Labute approximate surface area is 189 Å². The first-order valence-electron chi connectivity index (χ1n) is 11.1. The number of nitrogens with zero attached hydrogens (tertiary/aromatic N) is 4. The van der Waals surface area contributed by atoms with Gasteiger partial charge in [-0.3, -0.25) is 9.69 Å². The van der Waals surface area contributed by atoms with Gasteiger partial charge >= 0.3 is 0 Å². The van der Waals surface area contributed by atoms with Crippen molar-refractivity contribution in [2.75, 3.05) is 56.7 Å². The lowest BCUT2D eigenvalue weighted by molar-refractivity contribution is -0.117. The zero-order valence-electron chi connectivity index (χ0n) is 19.2. The summed E-state index contributed by atoms with van der Waals surface area (Å²) in [6, 6.07) is 8.79. The molecule has 0 radical (unpaired) electrons. The number of ether oxygens (including phenoxy) is 1. The van der Waals surface area contributed by atoms with Crippen LogP contribution < -0.4 is 10.2 Å². The zero-order valence-corrected chi connectivity index (χ0v) is 19.2. The summed E-state index contributed by atoms with van der Waals surface area (Å²) in [5, 5.41) is 12.7. The van der Waals surface area contributed by atoms with Gasteiger partial charge in [0.1, 0.15) is 17.7 Å². The highest BCUT2D eigenvalue weighted by Crippen LogP contribution is 2.26. The number of hydrogen-bond donors (Lipinski definition) is 1. The smallest absolute Gasteiger partial charge is 0.239 e. The SMILES string of the molecule is COCCCn1c(C)c(C)c(C#N)c1NC(=O)CN1CCCN(c2ccc(F)cc2)CC1. The number of benzene rings is 1. The van der Waals surface area contributed by atoms with E-state index in [0.717, 1.165) is 56.0 Å². The molecule has 1 amide bonds. The molecule has 0 atom stereocenters. The molecule has 172 valence electrons. The van der Waals surface area contributed by atoms with Crippen molar-refractivity contribution in [1.29, 1.82) is 5.26 Å². The van der Waals surface area contributed by atoms with Crippen molar-refractivity contribution in [3.8, 4) is 6.07 Å². The number of methoxy groups -OCH3 is 1. The number of amides is 1. The number of carbonyl (C=O) groups excluding carboxylic acids is 1. The number of nitriles is 1. The Kier molecular flexibility index (Phi) is 8.26. The molecule has 3 rings (SSSR count). The van der Waals surface area contributed by atoms with E-state index in [2.05, 4.69) is 21.2 Å². The van der Waals surface area contributed by atoms with Gasteiger partial charge in [0.25, 0.3) is 0 Å². The zero-order chi connectivity index (χ0) is 23.1. The molecule has 1 fully saturated rings. The predicted molar refractivity (Wildman–Crippen MR) is 123 cm³/mol. The largest absolute Gasteiger partial charge is 0.385 e. The van der Waals surface area contributed by atoms with Gasteiger partial charge in [-0.15, -0.1) is 0 Å². The standard InChI is InChI=1S/C24H32FN5O2/c1-18-19(2)30(12-5-15-32-3)24(22(18)16-26)27-23(31)17-28-10-4-11-29(14-13-28)21-8-6-20(25)7-9-21/h6-9H,4-5,10-15,17H2,1-3H3,(H,27,31). The molecule has 1 aromatic heterocycles. The highest BCUT2D eigenvalue weighted by Gasteiger charge is 2.22. The van der Waals surface area contributed by atoms with Crippen molar-refractivity contribution < 1.29 is 13.9 Å². The molecule has 0 unspecified atom stereocenters. The van der Waals surface area contributed by atoms with Crippen molar-refractivity contribution in [3.63, 3.8) is 0 Å². The molecule has 7 nitrogen and oxygen atoms in total. The van der Waals surface area contributed by atoms with E-state index in [1.165, 1.54) is 12.1 Å². The van der Waals surface area contributed by atoms with E-state index in [0.29, 0.717) is 24.5 Å². The summed E-state index contributed by atoms with van der Waals surface area (Å²) in [5.74, 6) is 0.213. The number of rotatable bonds is 8. The van der Waals surface area contributed by atoms with Crippen molar-refractivity contribution in [1.82, 2.24) is 9.47 Å². The summed E-state index contributed by atoms with van der Waals surface area (Å²) in [7, 11) is 1.66. The first-order valence-corrected chi connectivity index (χ1v) is 11.1. The first-order chi connectivity index (χ1) is 15.4. The molecule has 0 bridgehead atoms. The number of anilines is 2. The Morgan fingerprint density at radius 1 is 1.19 bits per heavy atom. The molecule has 0 aliphatic carbocycles. The molecule has 0 saturated carbocycles. The van der Waals surface area contributed by atoms with Crippen LogP contribution in [-0.4, -0.2) is 61.8 Å². The Morgan fingerprint density at radius 3 is 2.62 bits per heavy atom. The van der Waals surface area contributed by atoms with Gasteiger partial charge in [0.05, 0.1) is 12.1 Å². The van der Waals surface area contributed by atoms with E-state index in [1.807, 2.05) is 18.4 Å². The Morgan fingerprint density at radius 2 is 1.94 bits per heavy atom. The lowest BCUT2D eigenvalue weighted by Gasteiger charge is -2.23. The third kappa shape index (κ3) is 5.67. The average Bonchev–Trinajstić information content (AvgIpc) is 2.92. The minimum Gasteiger partial charge on any atom is -0.385 e. The number of carbonyl (C=O) groups is 1. The quantitative estimate of drug-likeness (QED) is 0.637. The summed E-state index contributed by atoms with van der Waals surface area (Å²) in [6.07, 6.45) is 1.71. The number of hydrogen-bond acceptors (Lipinski definition) is 5. The van der Waals surface area contributed by atoms with Gasteiger partial charge in [-0.25, -0.2) is 4.39 Å². The molecule has 1 saturated heterocycles. The lowest BCUT2D eigenvalue weighted by Crippen LogP contribution is -2.36. The van der Waals surface area contributed by atoms with Gasteiger partial charge in [-0.05, 0) is 56.5 Å². The first kappa shape index (κ1) is 23.8. The molecule has 2 heterocycles.